The average molecular weight is 289 g/mol. The number of carbonyl (C=O) groups excluding carboxylic acids is 1. The summed E-state index contributed by atoms with van der Waals surface area (Å²) in [6.45, 7) is 1.03. The third-order valence-electron chi connectivity index (χ3n) is 2.65. The molecule has 0 radical (unpaired) electrons. The second-order valence-electron chi connectivity index (χ2n) is 4.14. The molecule has 112 valence electrons. The molecular weight excluding hydrogens is 270 g/mol. The van der Waals surface area contributed by atoms with Crippen molar-refractivity contribution in [2.24, 2.45) is 0 Å². The fraction of sp³-hybridized carbons (Fsp3) is 0.333. The first-order chi connectivity index (χ1) is 10.2. The number of hydrogen-bond donors (Lipinski definition) is 2. The van der Waals surface area contributed by atoms with E-state index in [1.54, 1.807) is 38.5 Å². The molecule has 0 saturated heterocycles. The maximum atomic E-state index is 11.8. The minimum absolute atomic E-state index is 0.0169. The van der Waals surface area contributed by atoms with Crippen molar-refractivity contribution in [3.63, 3.8) is 0 Å². The standard InChI is InChI=1S/C15H19N3O3/c1-20-9-3-8-17-15(19)12(10-16)11-18-13-4-6-14(21-2)7-5-13/h4-7,11,18H,3,8-9H2,1-2H3,(H,17,19)/b12-11-. The Morgan fingerprint density at radius 2 is 2.05 bits per heavy atom. The van der Waals surface area contributed by atoms with Gasteiger partial charge in [0.1, 0.15) is 17.4 Å². The minimum atomic E-state index is -0.408. The second kappa shape index (κ2) is 9.39. The largest absolute Gasteiger partial charge is 0.497 e. The molecule has 0 aliphatic carbocycles. The molecular formula is C15H19N3O3. The normalized spacial score (nSPS) is 10.6. The van der Waals surface area contributed by atoms with E-state index in [-0.39, 0.29) is 5.57 Å². The van der Waals surface area contributed by atoms with Gasteiger partial charge in [-0.25, -0.2) is 0 Å². The van der Waals surface area contributed by atoms with E-state index in [4.69, 9.17) is 14.7 Å². The number of amides is 1. The van der Waals surface area contributed by atoms with Gasteiger partial charge in [-0.15, -0.1) is 0 Å². The molecule has 0 aromatic heterocycles. The predicted octanol–water partition coefficient (Wildman–Crippen LogP) is 1.67. The highest BCUT2D eigenvalue weighted by Crippen LogP contribution is 2.15. The van der Waals surface area contributed by atoms with Crippen LogP contribution in [0, 0.1) is 11.3 Å². The molecule has 1 amide bonds. The fourth-order valence-corrected chi connectivity index (χ4v) is 1.50. The van der Waals surface area contributed by atoms with Crippen molar-refractivity contribution >= 4 is 11.6 Å². The lowest BCUT2D eigenvalue weighted by Crippen LogP contribution is -2.26. The summed E-state index contributed by atoms with van der Waals surface area (Å²) in [4.78, 5) is 11.8. The molecule has 21 heavy (non-hydrogen) atoms. The Balaban J connectivity index is 2.54. The smallest absolute Gasteiger partial charge is 0.263 e. The first kappa shape index (κ1) is 16.5. The van der Waals surface area contributed by atoms with Gasteiger partial charge in [-0.2, -0.15) is 5.26 Å². The number of nitriles is 1. The van der Waals surface area contributed by atoms with E-state index in [0.29, 0.717) is 19.6 Å². The van der Waals surface area contributed by atoms with Gasteiger partial charge in [0.25, 0.3) is 5.91 Å². The maximum absolute atomic E-state index is 11.8. The Morgan fingerprint density at radius 1 is 1.33 bits per heavy atom. The molecule has 1 rings (SSSR count). The van der Waals surface area contributed by atoms with Crippen molar-refractivity contribution in [1.82, 2.24) is 5.32 Å². The van der Waals surface area contributed by atoms with E-state index in [1.807, 2.05) is 6.07 Å². The molecule has 0 aliphatic heterocycles. The van der Waals surface area contributed by atoms with Gasteiger partial charge in [0.2, 0.25) is 0 Å². The molecule has 2 N–H and O–H groups in total. The van der Waals surface area contributed by atoms with Gasteiger partial charge < -0.3 is 20.1 Å². The first-order valence-corrected chi connectivity index (χ1v) is 6.49. The highest BCUT2D eigenvalue weighted by atomic mass is 16.5. The van der Waals surface area contributed by atoms with Crippen molar-refractivity contribution in [2.75, 3.05) is 32.7 Å². The molecule has 0 saturated carbocycles. The summed E-state index contributed by atoms with van der Waals surface area (Å²) in [6, 6.07) is 9.02. The number of hydrogen-bond acceptors (Lipinski definition) is 5. The van der Waals surface area contributed by atoms with Crippen molar-refractivity contribution in [2.45, 2.75) is 6.42 Å². The highest BCUT2D eigenvalue weighted by molar-refractivity contribution is 5.97. The van der Waals surface area contributed by atoms with Crippen LogP contribution in [-0.4, -0.2) is 33.3 Å². The Kier molecular flexibility index (Phi) is 7.40. The summed E-state index contributed by atoms with van der Waals surface area (Å²) in [5.74, 6) is 0.329. The Morgan fingerprint density at radius 3 is 2.62 bits per heavy atom. The van der Waals surface area contributed by atoms with E-state index in [9.17, 15) is 4.79 Å². The minimum Gasteiger partial charge on any atom is -0.497 e. The molecule has 1 aromatic carbocycles. The average Bonchev–Trinajstić information content (AvgIpc) is 2.52. The number of nitrogens with one attached hydrogen (secondary N) is 2. The van der Waals surface area contributed by atoms with E-state index in [1.165, 1.54) is 6.20 Å². The van der Waals surface area contributed by atoms with Crippen LogP contribution in [0.15, 0.2) is 36.0 Å². The monoisotopic (exact) mass is 289 g/mol. The zero-order chi connectivity index (χ0) is 15.5. The number of rotatable bonds is 8. The number of nitrogens with zero attached hydrogens (tertiary/aromatic N) is 1. The van der Waals surface area contributed by atoms with Gasteiger partial charge in [0.05, 0.1) is 7.11 Å². The lowest BCUT2D eigenvalue weighted by atomic mass is 10.2. The second-order valence-corrected chi connectivity index (χ2v) is 4.14. The number of carbonyl (C=O) groups is 1. The van der Waals surface area contributed by atoms with Gasteiger partial charge in [-0.1, -0.05) is 0 Å². The van der Waals surface area contributed by atoms with E-state index < -0.39 is 5.91 Å². The maximum Gasteiger partial charge on any atom is 0.263 e. The van der Waals surface area contributed by atoms with E-state index in [2.05, 4.69) is 10.6 Å². The van der Waals surface area contributed by atoms with Crippen LogP contribution in [0.5, 0.6) is 5.75 Å². The zero-order valence-electron chi connectivity index (χ0n) is 12.2. The molecule has 6 nitrogen and oxygen atoms in total. The Bertz CT molecular complexity index is 518. The molecule has 0 spiro atoms. The zero-order valence-corrected chi connectivity index (χ0v) is 12.2. The molecule has 0 unspecified atom stereocenters. The van der Waals surface area contributed by atoms with Crippen LogP contribution in [-0.2, 0) is 9.53 Å². The van der Waals surface area contributed by atoms with Crippen LogP contribution in [0.3, 0.4) is 0 Å². The van der Waals surface area contributed by atoms with Crippen LogP contribution in [0.1, 0.15) is 6.42 Å². The van der Waals surface area contributed by atoms with Crippen molar-refractivity contribution in [3.05, 3.63) is 36.0 Å². The molecule has 0 heterocycles. The SMILES string of the molecule is COCCCNC(=O)/C(C#N)=C\Nc1ccc(OC)cc1. The molecule has 0 aliphatic rings. The lowest BCUT2D eigenvalue weighted by Gasteiger charge is -2.05. The highest BCUT2D eigenvalue weighted by Gasteiger charge is 2.07. The van der Waals surface area contributed by atoms with E-state index >= 15 is 0 Å². The van der Waals surface area contributed by atoms with Crippen LogP contribution in [0.4, 0.5) is 5.69 Å². The van der Waals surface area contributed by atoms with Crippen LogP contribution < -0.4 is 15.4 Å². The topological polar surface area (TPSA) is 83.4 Å². The van der Waals surface area contributed by atoms with Gasteiger partial charge >= 0.3 is 0 Å². The predicted molar refractivity (Wildman–Crippen MR) is 79.8 cm³/mol. The molecule has 0 bridgehead atoms. The fourth-order valence-electron chi connectivity index (χ4n) is 1.50. The van der Waals surface area contributed by atoms with Gasteiger partial charge in [-0.3, -0.25) is 4.79 Å². The third kappa shape index (κ3) is 5.97. The van der Waals surface area contributed by atoms with Crippen molar-refractivity contribution < 1.29 is 14.3 Å². The molecule has 6 heteroatoms. The van der Waals surface area contributed by atoms with Crippen molar-refractivity contribution in [3.8, 4) is 11.8 Å². The Hall–Kier alpha value is -2.52. The van der Waals surface area contributed by atoms with Crippen LogP contribution >= 0.6 is 0 Å². The Labute approximate surface area is 124 Å². The summed E-state index contributed by atoms with van der Waals surface area (Å²) in [5.41, 5.74) is 0.777. The summed E-state index contributed by atoms with van der Waals surface area (Å²) in [5, 5.41) is 14.6. The summed E-state index contributed by atoms with van der Waals surface area (Å²) in [6.07, 6.45) is 2.08. The first-order valence-electron chi connectivity index (χ1n) is 6.49. The quantitative estimate of drug-likeness (QED) is 0.432. The van der Waals surface area contributed by atoms with Gasteiger partial charge in [0.15, 0.2) is 0 Å². The summed E-state index contributed by atoms with van der Waals surface area (Å²) < 4.78 is 9.93. The number of ether oxygens (including phenoxy) is 2. The number of methoxy groups -OCH3 is 2. The van der Waals surface area contributed by atoms with Crippen LogP contribution in [0.2, 0.25) is 0 Å². The van der Waals surface area contributed by atoms with Crippen LogP contribution in [0.25, 0.3) is 0 Å². The molecule has 0 fully saturated rings. The lowest BCUT2D eigenvalue weighted by molar-refractivity contribution is -0.117. The number of anilines is 1. The van der Waals surface area contributed by atoms with E-state index in [0.717, 1.165) is 11.4 Å². The number of benzene rings is 1. The summed E-state index contributed by atoms with van der Waals surface area (Å²) in [7, 11) is 3.19. The molecule has 0 atom stereocenters. The van der Waals surface area contributed by atoms with Gasteiger partial charge in [-0.05, 0) is 30.7 Å². The molecule has 1 aromatic rings. The third-order valence-corrected chi connectivity index (χ3v) is 2.65. The van der Waals surface area contributed by atoms with Crippen molar-refractivity contribution in [1.29, 1.82) is 5.26 Å². The van der Waals surface area contributed by atoms with Gasteiger partial charge in [0, 0.05) is 32.1 Å². The summed E-state index contributed by atoms with van der Waals surface area (Å²) >= 11 is 0.